The van der Waals surface area contributed by atoms with E-state index in [1.165, 1.54) is 5.56 Å². The van der Waals surface area contributed by atoms with Crippen LogP contribution in [-0.4, -0.2) is 29.4 Å². The van der Waals surface area contributed by atoms with Gasteiger partial charge >= 0.3 is 0 Å². The fourth-order valence-corrected chi connectivity index (χ4v) is 3.76. The lowest BCUT2D eigenvalue weighted by atomic mass is 10.2. The fraction of sp³-hybridized carbons (Fsp3) is 0.0909. The van der Waals surface area contributed by atoms with Gasteiger partial charge in [-0.05, 0) is 48.9 Å². The zero-order chi connectivity index (χ0) is 20.5. The van der Waals surface area contributed by atoms with E-state index in [9.17, 15) is 0 Å². The molecule has 0 unspecified atom stereocenters. The second kappa shape index (κ2) is 7.72. The summed E-state index contributed by atoms with van der Waals surface area (Å²) in [5, 5.41) is 12.4. The molecule has 4 heterocycles. The number of nitrogens with zero attached hydrogens (tertiary/aromatic N) is 6. The third-order valence-corrected chi connectivity index (χ3v) is 5.23. The van der Waals surface area contributed by atoms with Crippen LogP contribution in [0.3, 0.4) is 0 Å². The molecule has 0 atom stereocenters. The van der Waals surface area contributed by atoms with Gasteiger partial charge in [0, 0.05) is 34.5 Å². The number of aromatic nitrogens is 6. The first-order chi connectivity index (χ1) is 14.7. The van der Waals surface area contributed by atoms with Crippen LogP contribution in [0.25, 0.3) is 22.7 Å². The molecule has 1 aromatic carbocycles. The van der Waals surface area contributed by atoms with Crippen LogP contribution in [0.5, 0.6) is 0 Å². The molecule has 4 aromatic heterocycles. The molecule has 148 valence electrons. The minimum absolute atomic E-state index is 0.667. The van der Waals surface area contributed by atoms with Gasteiger partial charge in [0.1, 0.15) is 12.1 Å². The first kappa shape index (κ1) is 18.5. The molecule has 5 aromatic rings. The Balaban J connectivity index is 1.55. The van der Waals surface area contributed by atoms with Crippen LogP contribution in [0.15, 0.2) is 77.7 Å². The summed E-state index contributed by atoms with van der Waals surface area (Å²) in [7, 11) is 0. The van der Waals surface area contributed by atoms with Crippen molar-refractivity contribution in [3.05, 3.63) is 88.9 Å². The van der Waals surface area contributed by atoms with Crippen molar-refractivity contribution in [1.29, 1.82) is 0 Å². The summed E-state index contributed by atoms with van der Waals surface area (Å²) in [6, 6.07) is 20.2. The highest BCUT2D eigenvalue weighted by Gasteiger charge is 2.14. The molecule has 0 amide bonds. The first-order valence-corrected chi connectivity index (χ1v) is 10.3. The van der Waals surface area contributed by atoms with E-state index in [0.717, 1.165) is 38.7 Å². The number of hydrogen-bond donors (Lipinski definition) is 1. The van der Waals surface area contributed by atoms with Crippen LogP contribution < -0.4 is 5.32 Å². The molecular formula is C22H18BrN7. The van der Waals surface area contributed by atoms with Gasteiger partial charge in [0.05, 0.1) is 5.69 Å². The summed E-state index contributed by atoms with van der Waals surface area (Å²) in [5.74, 6) is 1.54. The van der Waals surface area contributed by atoms with Gasteiger partial charge in [0.25, 0.3) is 0 Å². The lowest BCUT2D eigenvalue weighted by molar-refractivity contribution is 0.845. The SMILES string of the molecule is Cc1cccc(-n2nc(NCc3cccc(Br)c3)cc2-c2ccn3ncnc3c2)n1. The Morgan fingerprint density at radius 2 is 1.93 bits per heavy atom. The Labute approximate surface area is 181 Å². The number of benzene rings is 1. The highest BCUT2D eigenvalue weighted by Crippen LogP contribution is 2.26. The van der Waals surface area contributed by atoms with E-state index in [1.807, 2.05) is 66.3 Å². The maximum Gasteiger partial charge on any atom is 0.155 e. The largest absolute Gasteiger partial charge is 0.364 e. The number of fused-ring (bicyclic) bond motifs is 1. The van der Waals surface area contributed by atoms with Crippen molar-refractivity contribution in [2.75, 3.05) is 5.32 Å². The van der Waals surface area contributed by atoms with Crippen molar-refractivity contribution in [2.45, 2.75) is 13.5 Å². The molecule has 7 nitrogen and oxygen atoms in total. The van der Waals surface area contributed by atoms with Crippen molar-refractivity contribution in [1.82, 2.24) is 29.4 Å². The van der Waals surface area contributed by atoms with E-state index < -0.39 is 0 Å². The number of nitrogens with one attached hydrogen (secondary N) is 1. The first-order valence-electron chi connectivity index (χ1n) is 9.48. The van der Waals surface area contributed by atoms with Crippen LogP contribution >= 0.6 is 15.9 Å². The van der Waals surface area contributed by atoms with E-state index in [4.69, 9.17) is 5.10 Å². The Morgan fingerprint density at radius 1 is 1.03 bits per heavy atom. The van der Waals surface area contributed by atoms with Crippen LogP contribution in [0.4, 0.5) is 5.82 Å². The number of halogens is 1. The molecule has 30 heavy (non-hydrogen) atoms. The highest BCUT2D eigenvalue weighted by molar-refractivity contribution is 9.10. The van der Waals surface area contributed by atoms with E-state index in [2.05, 4.69) is 48.4 Å². The Morgan fingerprint density at radius 3 is 2.80 bits per heavy atom. The second-order valence-electron chi connectivity index (χ2n) is 6.93. The average molecular weight is 460 g/mol. The maximum atomic E-state index is 4.79. The molecular weight excluding hydrogens is 442 g/mol. The molecule has 0 radical (unpaired) electrons. The van der Waals surface area contributed by atoms with Crippen molar-refractivity contribution in [3.8, 4) is 17.1 Å². The Bertz CT molecular complexity index is 1340. The standard InChI is InChI=1S/C22H18BrN7/c1-15-4-2-7-21(27-15)30-19(17-8-9-29-22(11-17)25-14-26-29)12-20(28-30)24-13-16-5-3-6-18(23)10-16/h2-12,14H,13H2,1H3,(H,24,28). The number of pyridine rings is 2. The number of anilines is 1. The highest BCUT2D eigenvalue weighted by atomic mass is 79.9. The molecule has 5 rings (SSSR count). The van der Waals surface area contributed by atoms with Crippen molar-refractivity contribution >= 4 is 27.4 Å². The van der Waals surface area contributed by atoms with Gasteiger partial charge in [0.2, 0.25) is 0 Å². The van der Waals surface area contributed by atoms with Crippen LogP contribution in [0.2, 0.25) is 0 Å². The number of aryl methyl sites for hydroxylation is 1. The summed E-state index contributed by atoms with van der Waals surface area (Å²) in [6.07, 6.45) is 3.44. The predicted molar refractivity (Wildman–Crippen MR) is 120 cm³/mol. The van der Waals surface area contributed by atoms with Crippen molar-refractivity contribution in [2.24, 2.45) is 0 Å². The van der Waals surface area contributed by atoms with Crippen molar-refractivity contribution < 1.29 is 0 Å². The van der Waals surface area contributed by atoms with Crippen LogP contribution in [-0.2, 0) is 6.54 Å². The molecule has 0 aliphatic heterocycles. The van der Waals surface area contributed by atoms with Crippen LogP contribution in [0, 0.1) is 6.92 Å². The van der Waals surface area contributed by atoms with E-state index in [-0.39, 0.29) is 0 Å². The monoisotopic (exact) mass is 459 g/mol. The van der Waals surface area contributed by atoms with E-state index in [0.29, 0.717) is 6.54 Å². The minimum atomic E-state index is 0.667. The maximum absolute atomic E-state index is 4.79. The topological polar surface area (TPSA) is 72.9 Å². The third-order valence-electron chi connectivity index (χ3n) is 4.74. The Kier molecular flexibility index (Phi) is 4.76. The zero-order valence-corrected chi connectivity index (χ0v) is 17.8. The predicted octanol–water partition coefficient (Wildman–Crippen LogP) is 4.66. The van der Waals surface area contributed by atoms with Gasteiger partial charge in [-0.3, -0.25) is 0 Å². The van der Waals surface area contributed by atoms with E-state index >= 15 is 0 Å². The van der Waals surface area contributed by atoms with E-state index in [1.54, 1.807) is 10.8 Å². The average Bonchev–Trinajstić information content (AvgIpc) is 3.39. The number of rotatable bonds is 5. The molecule has 0 aliphatic rings. The molecule has 0 bridgehead atoms. The fourth-order valence-electron chi connectivity index (χ4n) is 3.31. The molecule has 0 aliphatic carbocycles. The molecule has 0 spiro atoms. The molecule has 0 saturated heterocycles. The van der Waals surface area contributed by atoms with Crippen LogP contribution in [0.1, 0.15) is 11.3 Å². The van der Waals surface area contributed by atoms with Gasteiger partial charge < -0.3 is 5.32 Å². The second-order valence-corrected chi connectivity index (χ2v) is 7.84. The van der Waals surface area contributed by atoms with Gasteiger partial charge in [-0.25, -0.2) is 19.2 Å². The lowest BCUT2D eigenvalue weighted by Crippen LogP contribution is -2.04. The normalized spacial score (nSPS) is 11.1. The molecule has 0 saturated carbocycles. The summed E-state index contributed by atoms with van der Waals surface area (Å²) in [6.45, 7) is 2.64. The minimum Gasteiger partial charge on any atom is -0.364 e. The van der Waals surface area contributed by atoms with Gasteiger partial charge in [-0.15, -0.1) is 5.10 Å². The summed E-state index contributed by atoms with van der Waals surface area (Å²) < 4.78 is 4.65. The summed E-state index contributed by atoms with van der Waals surface area (Å²) in [4.78, 5) is 8.96. The quantitative estimate of drug-likeness (QED) is 0.413. The Hall–Kier alpha value is -3.52. The summed E-state index contributed by atoms with van der Waals surface area (Å²) in [5.41, 5.74) is 4.79. The molecule has 8 heteroatoms. The lowest BCUT2D eigenvalue weighted by Gasteiger charge is -2.07. The third kappa shape index (κ3) is 3.69. The number of hydrogen-bond acceptors (Lipinski definition) is 5. The van der Waals surface area contributed by atoms with Gasteiger partial charge in [-0.2, -0.15) is 5.10 Å². The van der Waals surface area contributed by atoms with Crippen molar-refractivity contribution in [3.63, 3.8) is 0 Å². The zero-order valence-electron chi connectivity index (χ0n) is 16.2. The smallest absolute Gasteiger partial charge is 0.155 e. The molecule has 0 fully saturated rings. The molecule has 1 N–H and O–H groups in total. The summed E-state index contributed by atoms with van der Waals surface area (Å²) >= 11 is 3.52. The van der Waals surface area contributed by atoms with Gasteiger partial charge in [-0.1, -0.05) is 34.1 Å². The van der Waals surface area contributed by atoms with Gasteiger partial charge in [0.15, 0.2) is 11.5 Å².